The van der Waals surface area contributed by atoms with Gasteiger partial charge in [0.25, 0.3) is 0 Å². The third-order valence-corrected chi connectivity index (χ3v) is 9.02. The van der Waals surface area contributed by atoms with Crippen molar-refractivity contribution in [2.24, 2.45) is 4.36 Å². The predicted octanol–water partition coefficient (Wildman–Crippen LogP) is 6.69. The molecule has 1 aliphatic carbocycles. The van der Waals surface area contributed by atoms with E-state index in [1.54, 1.807) is 6.92 Å². The monoisotopic (exact) mass is 616 g/mol. The number of alkyl halides is 6. The Morgan fingerprint density at radius 1 is 1.02 bits per heavy atom. The van der Waals surface area contributed by atoms with Crippen molar-refractivity contribution < 1.29 is 44.8 Å². The predicted molar refractivity (Wildman–Crippen MR) is 140 cm³/mol. The molecule has 0 bridgehead atoms. The van der Waals surface area contributed by atoms with Crippen LogP contribution < -0.4 is 10.1 Å². The average molecular weight is 617 g/mol. The number of aromatic nitrogens is 2. The Hall–Kier alpha value is -3.72. The molecule has 1 fully saturated rings. The summed E-state index contributed by atoms with van der Waals surface area (Å²) in [5.41, 5.74) is -0.108. The Morgan fingerprint density at radius 3 is 2.24 bits per heavy atom. The van der Waals surface area contributed by atoms with Crippen LogP contribution in [-0.2, 0) is 32.0 Å². The van der Waals surface area contributed by atoms with E-state index >= 15 is 0 Å². The van der Waals surface area contributed by atoms with E-state index in [4.69, 9.17) is 9.47 Å². The quantitative estimate of drug-likeness (QED) is 0.253. The number of benzene rings is 2. The van der Waals surface area contributed by atoms with E-state index in [0.29, 0.717) is 19.0 Å². The van der Waals surface area contributed by atoms with Crippen molar-refractivity contribution >= 4 is 27.3 Å². The van der Waals surface area contributed by atoms with Gasteiger partial charge in [0.05, 0.1) is 22.4 Å². The van der Waals surface area contributed by atoms with Gasteiger partial charge in [-0.15, -0.1) is 4.36 Å². The maximum absolute atomic E-state index is 13.7. The lowest BCUT2D eigenvalue weighted by molar-refractivity contribution is -0.169. The molecule has 226 valence electrons. The van der Waals surface area contributed by atoms with Crippen LogP contribution in [0.15, 0.2) is 70.1 Å². The van der Waals surface area contributed by atoms with Gasteiger partial charge in [-0.3, -0.25) is 4.79 Å². The van der Waals surface area contributed by atoms with Gasteiger partial charge in [-0.2, -0.15) is 31.3 Å². The third kappa shape index (κ3) is 7.76. The number of halogens is 6. The first-order valence-corrected chi connectivity index (χ1v) is 14.3. The van der Waals surface area contributed by atoms with Gasteiger partial charge in [0.2, 0.25) is 11.8 Å². The maximum atomic E-state index is 13.7. The maximum Gasteiger partial charge on any atom is 0.474 e. The molecule has 1 saturated carbocycles. The molecule has 42 heavy (non-hydrogen) atoms. The number of hydrogen-bond acceptors (Lipinski definition) is 7. The first-order chi connectivity index (χ1) is 19.7. The molecule has 0 radical (unpaired) electrons. The van der Waals surface area contributed by atoms with Crippen molar-refractivity contribution in [3.05, 3.63) is 71.9 Å². The fraction of sp³-hybridized carbons (Fsp3) is 0.370. The van der Waals surface area contributed by atoms with Crippen LogP contribution in [0, 0.1) is 0 Å². The van der Waals surface area contributed by atoms with Gasteiger partial charge in [0, 0.05) is 22.0 Å². The van der Waals surface area contributed by atoms with Crippen LogP contribution >= 0.6 is 0 Å². The zero-order valence-electron chi connectivity index (χ0n) is 22.3. The number of anilines is 2. The Morgan fingerprint density at radius 2 is 1.67 bits per heavy atom. The second-order valence-corrected chi connectivity index (χ2v) is 12.0. The summed E-state index contributed by atoms with van der Waals surface area (Å²) in [6, 6.07) is 14.3. The molecule has 0 spiro atoms. The molecule has 1 unspecified atom stereocenters. The van der Waals surface area contributed by atoms with Crippen molar-refractivity contribution in [1.82, 2.24) is 9.97 Å². The summed E-state index contributed by atoms with van der Waals surface area (Å²) < 4.78 is 107. The molecule has 0 aliphatic heterocycles. The second-order valence-electron chi connectivity index (χ2n) is 9.55. The second kappa shape index (κ2) is 12.3. The molecule has 2 aromatic carbocycles. The molecular weight excluding hydrogens is 590 g/mol. The number of carbonyl (C=O) groups excluding carboxylic acids is 1. The van der Waals surface area contributed by atoms with Gasteiger partial charge < -0.3 is 14.8 Å². The largest absolute Gasteiger partial charge is 0.474 e. The minimum absolute atomic E-state index is 0.0798. The van der Waals surface area contributed by atoms with Gasteiger partial charge >= 0.3 is 18.3 Å². The normalized spacial score (nSPS) is 16.7. The van der Waals surface area contributed by atoms with Gasteiger partial charge in [-0.25, -0.2) is 9.19 Å². The molecule has 1 heterocycles. The van der Waals surface area contributed by atoms with Gasteiger partial charge in [-0.05, 0) is 56.5 Å². The topological polar surface area (TPSA) is 103 Å². The standard InChI is InChI=1S/C27H26F6N4O4S/c1-16(40-15-18-6-4-3-5-7-18)17(2)41-23-22(26(28,29)30)14-34-25(36-23)35-19-8-10-20(11-9-19)42(39,21-12-13-21)37-24(38)27(31,32)33/h3-11,14,16-17,21H,12-13,15H2,1-2H3,(H,34,35,36)/t16-,17-,42?/m1/s1. The molecule has 1 amide bonds. The first-order valence-electron chi connectivity index (χ1n) is 12.7. The van der Waals surface area contributed by atoms with Crippen LogP contribution in [0.25, 0.3) is 0 Å². The Balaban J connectivity index is 1.52. The molecular formula is C27H26F6N4O4S. The minimum atomic E-state index is -5.26. The molecule has 0 saturated heterocycles. The average Bonchev–Trinajstić information content (AvgIpc) is 3.78. The highest BCUT2D eigenvalue weighted by Crippen LogP contribution is 2.38. The van der Waals surface area contributed by atoms with Crippen LogP contribution in [0.1, 0.15) is 37.8 Å². The highest BCUT2D eigenvalue weighted by Gasteiger charge is 2.43. The summed E-state index contributed by atoms with van der Waals surface area (Å²) in [6.07, 6.45) is -10.3. The highest BCUT2D eigenvalue weighted by molar-refractivity contribution is 7.94. The third-order valence-electron chi connectivity index (χ3n) is 6.26. The summed E-state index contributed by atoms with van der Waals surface area (Å²) in [5.74, 6) is -3.43. The Labute approximate surface area is 237 Å². The van der Waals surface area contributed by atoms with Crippen molar-refractivity contribution in [3.63, 3.8) is 0 Å². The van der Waals surface area contributed by atoms with Crippen molar-refractivity contribution in [1.29, 1.82) is 0 Å². The Kier molecular flexibility index (Phi) is 9.11. The van der Waals surface area contributed by atoms with E-state index in [2.05, 4.69) is 19.6 Å². The summed E-state index contributed by atoms with van der Waals surface area (Å²) >= 11 is 0. The van der Waals surface area contributed by atoms with Gasteiger partial charge in [0.1, 0.15) is 11.7 Å². The number of hydrogen-bond donors (Lipinski definition) is 1. The lowest BCUT2D eigenvalue weighted by Crippen LogP contribution is -2.30. The molecule has 8 nitrogen and oxygen atoms in total. The van der Waals surface area contributed by atoms with E-state index < -0.39 is 56.9 Å². The molecule has 1 aromatic heterocycles. The van der Waals surface area contributed by atoms with Crippen molar-refractivity contribution in [2.75, 3.05) is 5.32 Å². The molecule has 3 atom stereocenters. The van der Waals surface area contributed by atoms with E-state index in [0.717, 1.165) is 5.56 Å². The number of rotatable bonds is 10. The van der Waals surface area contributed by atoms with E-state index in [1.165, 1.54) is 31.2 Å². The SMILES string of the molecule is C[C@@H](OCc1ccccc1)[C@@H](C)Oc1nc(Nc2ccc(S(=O)(=NC(=O)C(F)(F)F)C3CC3)cc2)ncc1C(F)(F)F. The fourth-order valence-electron chi connectivity index (χ4n) is 3.66. The van der Waals surface area contributed by atoms with Crippen LogP contribution in [0.2, 0.25) is 0 Å². The molecule has 15 heteroatoms. The summed E-state index contributed by atoms with van der Waals surface area (Å²) in [5, 5.41) is 2.00. The molecule has 1 N–H and O–H groups in total. The van der Waals surface area contributed by atoms with Crippen LogP contribution in [0.5, 0.6) is 5.88 Å². The highest BCUT2D eigenvalue weighted by atomic mass is 32.2. The molecule has 1 aliphatic rings. The first kappa shape index (κ1) is 31.2. The van der Waals surface area contributed by atoms with Crippen LogP contribution in [0.4, 0.5) is 38.0 Å². The molecule has 4 rings (SSSR count). The number of amides is 1. The van der Waals surface area contributed by atoms with Crippen LogP contribution in [0.3, 0.4) is 0 Å². The van der Waals surface area contributed by atoms with Crippen molar-refractivity contribution in [2.45, 2.75) is 68.0 Å². The lowest BCUT2D eigenvalue weighted by Gasteiger charge is -2.23. The number of carbonyl (C=O) groups is 1. The molecule has 3 aromatic rings. The number of ether oxygens (including phenoxy) is 2. The Bertz CT molecular complexity index is 1520. The number of nitrogens with one attached hydrogen (secondary N) is 1. The lowest BCUT2D eigenvalue weighted by atomic mass is 10.2. The number of nitrogens with zero attached hydrogens (tertiary/aromatic N) is 3. The zero-order valence-corrected chi connectivity index (χ0v) is 23.1. The minimum Gasteiger partial charge on any atom is -0.471 e. The van der Waals surface area contributed by atoms with Gasteiger partial charge in [-0.1, -0.05) is 30.3 Å². The summed E-state index contributed by atoms with van der Waals surface area (Å²) in [4.78, 5) is 19.0. The van der Waals surface area contributed by atoms with E-state index in [1.807, 2.05) is 30.3 Å². The van der Waals surface area contributed by atoms with Gasteiger partial charge in [0.15, 0.2) is 0 Å². The smallest absolute Gasteiger partial charge is 0.471 e. The van der Waals surface area contributed by atoms with E-state index in [9.17, 15) is 35.3 Å². The van der Waals surface area contributed by atoms with E-state index in [-0.39, 0.29) is 23.1 Å². The zero-order chi connectivity index (χ0) is 30.7. The van der Waals surface area contributed by atoms with Crippen LogP contribution in [-0.4, -0.2) is 43.7 Å². The summed E-state index contributed by atoms with van der Waals surface area (Å²) in [6.45, 7) is 3.41. The summed E-state index contributed by atoms with van der Waals surface area (Å²) in [7, 11) is -3.68. The van der Waals surface area contributed by atoms with Crippen molar-refractivity contribution in [3.8, 4) is 5.88 Å². The fourth-order valence-corrected chi connectivity index (χ4v) is 5.95.